The summed E-state index contributed by atoms with van der Waals surface area (Å²) in [6.07, 6.45) is 0.502. The Balaban J connectivity index is 1.97. The smallest absolute Gasteiger partial charge is 0.337 e. The zero-order valence-electron chi connectivity index (χ0n) is 12.3. The minimum atomic E-state index is -0.894. The second-order valence-corrected chi connectivity index (χ2v) is 5.14. The maximum absolute atomic E-state index is 13.8. The molecule has 2 aromatic carbocycles. The summed E-state index contributed by atoms with van der Waals surface area (Å²) in [5.41, 5.74) is 1.11. The molecule has 0 aliphatic carbocycles. The SMILES string of the molecule is COC(=O)c1ccc2c(c1)CCN2C(=O)c1c(F)cccc1F. The number of benzene rings is 2. The van der Waals surface area contributed by atoms with Crippen molar-refractivity contribution in [1.29, 1.82) is 0 Å². The fourth-order valence-electron chi connectivity index (χ4n) is 2.69. The van der Waals surface area contributed by atoms with E-state index < -0.39 is 29.1 Å². The highest BCUT2D eigenvalue weighted by Gasteiger charge is 2.29. The van der Waals surface area contributed by atoms with Gasteiger partial charge in [-0.1, -0.05) is 6.07 Å². The lowest BCUT2D eigenvalue weighted by atomic mass is 10.1. The Morgan fingerprint density at radius 2 is 1.83 bits per heavy atom. The highest BCUT2D eigenvalue weighted by molar-refractivity contribution is 6.08. The van der Waals surface area contributed by atoms with E-state index in [1.807, 2.05) is 0 Å². The van der Waals surface area contributed by atoms with E-state index in [0.717, 1.165) is 17.7 Å². The Kier molecular flexibility index (Phi) is 3.82. The molecule has 1 aliphatic heterocycles. The number of carbonyl (C=O) groups excluding carboxylic acids is 2. The van der Waals surface area contributed by atoms with Crippen LogP contribution in [-0.2, 0) is 11.2 Å². The van der Waals surface area contributed by atoms with Crippen molar-refractivity contribution in [3.8, 4) is 0 Å². The number of hydrogen-bond acceptors (Lipinski definition) is 3. The number of amides is 1. The largest absolute Gasteiger partial charge is 0.465 e. The Bertz CT molecular complexity index is 784. The number of methoxy groups -OCH3 is 1. The van der Waals surface area contributed by atoms with Gasteiger partial charge in [0.05, 0.1) is 12.7 Å². The van der Waals surface area contributed by atoms with E-state index >= 15 is 0 Å². The first-order valence-electron chi connectivity index (χ1n) is 7.00. The molecule has 2 aromatic rings. The average molecular weight is 317 g/mol. The third kappa shape index (κ3) is 2.56. The van der Waals surface area contributed by atoms with Crippen LogP contribution in [0.2, 0.25) is 0 Å². The molecular weight excluding hydrogens is 304 g/mol. The number of esters is 1. The summed E-state index contributed by atoms with van der Waals surface area (Å²) in [7, 11) is 1.28. The molecule has 118 valence electrons. The summed E-state index contributed by atoms with van der Waals surface area (Å²) in [5, 5.41) is 0. The molecule has 0 fully saturated rings. The third-order valence-electron chi connectivity index (χ3n) is 3.82. The van der Waals surface area contributed by atoms with Crippen molar-refractivity contribution in [2.75, 3.05) is 18.6 Å². The van der Waals surface area contributed by atoms with E-state index in [-0.39, 0.29) is 0 Å². The summed E-state index contributed by atoms with van der Waals surface area (Å²) >= 11 is 0. The Morgan fingerprint density at radius 3 is 2.48 bits per heavy atom. The van der Waals surface area contributed by atoms with Crippen LogP contribution in [0.4, 0.5) is 14.5 Å². The molecular formula is C17H13F2NO3. The Hall–Kier alpha value is -2.76. The van der Waals surface area contributed by atoms with Crippen LogP contribution < -0.4 is 4.90 Å². The van der Waals surface area contributed by atoms with Crippen LogP contribution in [0.1, 0.15) is 26.3 Å². The van der Waals surface area contributed by atoms with Crippen LogP contribution in [0, 0.1) is 11.6 Å². The van der Waals surface area contributed by atoms with Gasteiger partial charge in [-0.3, -0.25) is 4.79 Å². The van der Waals surface area contributed by atoms with Crippen molar-refractivity contribution in [2.24, 2.45) is 0 Å². The van der Waals surface area contributed by atoms with Crippen LogP contribution in [0.3, 0.4) is 0 Å². The fraction of sp³-hybridized carbons (Fsp3) is 0.176. The predicted octanol–water partition coefficient (Wildman–Crippen LogP) is 2.95. The maximum atomic E-state index is 13.8. The molecule has 0 bridgehead atoms. The number of nitrogens with zero attached hydrogens (tertiary/aromatic N) is 1. The first-order chi connectivity index (χ1) is 11.0. The van der Waals surface area contributed by atoms with Crippen molar-refractivity contribution in [2.45, 2.75) is 6.42 Å². The summed E-state index contributed by atoms with van der Waals surface area (Å²) in [5.74, 6) is -2.99. The monoisotopic (exact) mass is 317 g/mol. The summed E-state index contributed by atoms with van der Waals surface area (Å²) in [6.45, 7) is 0.298. The van der Waals surface area contributed by atoms with Crippen molar-refractivity contribution in [3.63, 3.8) is 0 Å². The summed E-state index contributed by atoms with van der Waals surface area (Å²) in [4.78, 5) is 25.3. The highest BCUT2D eigenvalue weighted by atomic mass is 19.1. The molecule has 1 aliphatic rings. The zero-order chi connectivity index (χ0) is 16.6. The minimum absolute atomic E-state index is 0.298. The molecule has 0 aromatic heterocycles. The maximum Gasteiger partial charge on any atom is 0.337 e. The summed E-state index contributed by atoms with van der Waals surface area (Å²) < 4.78 is 32.2. The molecule has 23 heavy (non-hydrogen) atoms. The van der Waals surface area contributed by atoms with Crippen LogP contribution in [-0.4, -0.2) is 25.5 Å². The van der Waals surface area contributed by atoms with Gasteiger partial charge in [-0.05, 0) is 42.3 Å². The zero-order valence-corrected chi connectivity index (χ0v) is 12.3. The van der Waals surface area contributed by atoms with Gasteiger partial charge in [-0.25, -0.2) is 13.6 Å². The quantitative estimate of drug-likeness (QED) is 0.800. The van der Waals surface area contributed by atoms with Gasteiger partial charge < -0.3 is 9.64 Å². The Labute approximate surface area is 131 Å². The standard InChI is InChI=1S/C17H13F2NO3/c1-23-17(22)11-5-6-14-10(9-11)7-8-20(14)16(21)15-12(18)3-2-4-13(15)19/h2-6,9H,7-8H2,1H3. The normalized spacial score (nSPS) is 12.9. The van der Waals surface area contributed by atoms with E-state index in [1.165, 1.54) is 24.1 Å². The molecule has 6 heteroatoms. The van der Waals surface area contributed by atoms with Crippen LogP contribution >= 0.6 is 0 Å². The van der Waals surface area contributed by atoms with Crippen molar-refractivity contribution < 1.29 is 23.1 Å². The molecule has 0 spiro atoms. The molecule has 0 unspecified atom stereocenters. The number of fused-ring (bicyclic) bond motifs is 1. The molecule has 1 heterocycles. The van der Waals surface area contributed by atoms with Crippen LogP contribution in [0.5, 0.6) is 0 Å². The molecule has 0 saturated carbocycles. The number of anilines is 1. The average Bonchev–Trinajstić information content (AvgIpc) is 2.96. The predicted molar refractivity (Wildman–Crippen MR) is 79.5 cm³/mol. The molecule has 0 saturated heterocycles. The topological polar surface area (TPSA) is 46.6 Å². The van der Waals surface area contributed by atoms with E-state index in [2.05, 4.69) is 4.74 Å². The molecule has 0 atom stereocenters. The molecule has 0 radical (unpaired) electrons. The van der Waals surface area contributed by atoms with E-state index in [1.54, 1.807) is 12.1 Å². The highest BCUT2D eigenvalue weighted by Crippen LogP contribution is 2.31. The van der Waals surface area contributed by atoms with E-state index in [0.29, 0.717) is 24.2 Å². The molecule has 4 nitrogen and oxygen atoms in total. The number of carbonyl (C=O) groups is 2. The van der Waals surface area contributed by atoms with Crippen molar-refractivity contribution in [3.05, 3.63) is 64.7 Å². The van der Waals surface area contributed by atoms with E-state index in [4.69, 9.17) is 0 Å². The Morgan fingerprint density at radius 1 is 1.13 bits per heavy atom. The second kappa shape index (κ2) is 5.79. The number of halogens is 2. The van der Waals surface area contributed by atoms with Crippen LogP contribution in [0.15, 0.2) is 36.4 Å². The van der Waals surface area contributed by atoms with Gasteiger partial charge in [-0.15, -0.1) is 0 Å². The first-order valence-corrected chi connectivity index (χ1v) is 7.00. The first kappa shape index (κ1) is 15.1. The minimum Gasteiger partial charge on any atom is -0.465 e. The summed E-state index contributed by atoms with van der Waals surface area (Å²) in [6, 6.07) is 8.05. The third-order valence-corrected chi connectivity index (χ3v) is 3.82. The van der Waals surface area contributed by atoms with E-state index in [9.17, 15) is 18.4 Å². The second-order valence-electron chi connectivity index (χ2n) is 5.14. The molecule has 3 rings (SSSR count). The van der Waals surface area contributed by atoms with Gasteiger partial charge in [0.15, 0.2) is 0 Å². The van der Waals surface area contributed by atoms with Crippen molar-refractivity contribution in [1.82, 2.24) is 0 Å². The number of hydrogen-bond donors (Lipinski definition) is 0. The van der Waals surface area contributed by atoms with Gasteiger partial charge >= 0.3 is 5.97 Å². The van der Waals surface area contributed by atoms with Gasteiger partial charge in [-0.2, -0.15) is 0 Å². The van der Waals surface area contributed by atoms with Crippen molar-refractivity contribution >= 4 is 17.6 Å². The fourth-order valence-corrected chi connectivity index (χ4v) is 2.69. The van der Waals surface area contributed by atoms with Gasteiger partial charge in [0, 0.05) is 12.2 Å². The molecule has 1 amide bonds. The lowest BCUT2D eigenvalue weighted by molar-refractivity contribution is 0.0600. The lowest BCUT2D eigenvalue weighted by Crippen LogP contribution is -2.30. The van der Waals surface area contributed by atoms with Gasteiger partial charge in [0.25, 0.3) is 5.91 Å². The van der Waals surface area contributed by atoms with Gasteiger partial charge in [0.2, 0.25) is 0 Å². The number of rotatable bonds is 2. The lowest BCUT2D eigenvalue weighted by Gasteiger charge is -2.18. The van der Waals surface area contributed by atoms with Gasteiger partial charge in [0.1, 0.15) is 17.2 Å². The molecule has 0 N–H and O–H groups in total. The van der Waals surface area contributed by atoms with Crippen LogP contribution in [0.25, 0.3) is 0 Å². The number of ether oxygens (including phenoxy) is 1.